The lowest BCUT2D eigenvalue weighted by atomic mass is 10.1. The van der Waals surface area contributed by atoms with Crippen molar-refractivity contribution in [1.82, 2.24) is 9.88 Å². The first-order chi connectivity index (χ1) is 7.06. The Hall–Kier alpha value is -1.64. The highest BCUT2D eigenvalue weighted by atomic mass is 16.2. The SMILES string of the molecule is C/C=C/c1cnc(C(=O)N(C)C)c(C)c1. The molecule has 0 N–H and O–H groups in total. The van der Waals surface area contributed by atoms with Crippen LogP contribution in [0.3, 0.4) is 0 Å². The second-order valence-electron chi connectivity index (χ2n) is 3.63. The molecule has 3 heteroatoms. The number of hydrogen-bond acceptors (Lipinski definition) is 2. The number of amides is 1. The summed E-state index contributed by atoms with van der Waals surface area (Å²) >= 11 is 0. The van der Waals surface area contributed by atoms with Crippen LogP contribution >= 0.6 is 0 Å². The van der Waals surface area contributed by atoms with Crippen molar-refractivity contribution in [3.8, 4) is 0 Å². The lowest BCUT2D eigenvalue weighted by molar-refractivity contribution is 0.0821. The standard InChI is InChI=1S/C12H16N2O/c1-5-6-10-7-9(2)11(13-8-10)12(15)14(3)4/h5-8H,1-4H3/b6-5+. The van der Waals surface area contributed by atoms with Crippen LogP contribution < -0.4 is 0 Å². The first-order valence-corrected chi connectivity index (χ1v) is 4.87. The molecule has 0 atom stereocenters. The predicted octanol–water partition coefficient (Wildman–Crippen LogP) is 2.12. The minimum absolute atomic E-state index is 0.0560. The van der Waals surface area contributed by atoms with Gasteiger partial charge >= 0.3 is 0 Å². The van der Waals surface area contributed by atoms with Crippen molar-refractivity contribution in [3.63, 3.8) is 0 Å². The molecule has 1 heterocycles. The molecule has 0 aliphatic heterocycles. The van der Waals surface area contributed by atoms with Gasteiger partial charge in [0.1, 0.15) is 5.69 Å². The second kappa shape index (κ2) is 4.73. The van der Waals surface area contributed by atoms with Gasteiger partial charge in [0.05, 0.1) is 0 Å². The van der Waals surface area contributed by atoms with Crippen LogP contribution in [0.15, 0.2) is 18.3 Å². The first-order valence-electron chi connectivity index (χ1n) is 4.87. The largest absolute Gasteiger partial charge is 0.343 e. The predicted molar refractivity (Wildman–Crippen MR) is 61.7 cm³/mol. The Bertz CT molecular complexity index is 395. The molecule has 1 aromatic rings. The van der Waals surface area contributed by atoms with Crippen LogP contribution in [0.1, 0.15) is 28.5 Å². The van der Waals surface area contributed by atoms with Crippen LogP contribution in [0.2, 0.25) is 0 Å². The van der Waals surface area contributed by atoms with Gasteiger partial charge in [-0.2, -0.15) is 0 Å². The summed E-state index contributed by atoms with van der Waals surface area (Å²) in [5.74, 6) is -0.0560. The number of hydrogen-bond donors (Lipinski definition) is 0. The molecule has 1 aromatic heterocycles. The number of pyridine rings is 1. The molecule has 0 aliphatic rings. The van der Waals surface area contributed by atoms with Gasteiger partial charge in [-0.25, -0.2) is 0 Å². The van der Waals surface area contributed by atoms with E-state index in [4.69, 9.17) is 0 Å². The number of allylic oxidation sites excluding steroid dienone is 1. The zero-order valence-electron chi connectivity index (χ0n) is 9.61. The molecule has 1 rings (SSSR count). The highest BCUT2D eigenvalue weighted by Crippen LogP contribution is 2.10. The van der Waals surface area contributed by atoms with Crippen molar-refractivity contribution < 1.29 is 4.79 Å². The van der Waals surface area contributed by atoms with Crippen LogP contribution in [0.4, 0.5) is 0 Å². The topological polar surface area (TPSA) is 33.2 Å². The summed E-state index contributed by atoms with van der Waals surface area (Å²) in [6.07, 6.45) is 5.62. The monoisotopic (exact) mass is 204 g/mol. The highest BCUT2D eigenvalue weighted by molar-refractivity contribution is 5.93. The Kier molecular flexibility index (Phi) is 3.61. The lowest BCUT2D eigenvalue weighted by Gasteiger charge is -2.11. The van der Waals surface area contributed by atoms with Crippen molar-refractivity contribution in [1.29, 1.82) is 0 Å². The molecule has 0 fully saturated rings. The quantitative estimate of drug-likeness (QED) is 0.739. The average molecular weight is 204 g/mol. The van der Waals surface area contributed by atoms with Crippen LogP contribution in [0.25, 0.3) is 6.08 Å². The smallest absolute Gasteiger partial charge is 0.272 e. The van der Waals surface area contributed by atoms with Crippen molar-refractivity contribution in [2.24, 2.45) is 0 Å². The maximum atomic E-state index is 11.7. The normalized spacial score (nSPS) is 10.7. The number of rotatable bonds is 2. The molecule has 0 spiro atoms. The fraction of sp³-hybridized carbons (Fsp3) is 0.333. The lowest BCUT2D eigenvalue weighted by Crippen LogP contribution is -2.23. The van der Waals surface area contributed by atoms with Crippen molar-refractivity contribution in [3.05, 3.63) is 35.2 Å². The van der Waals surface area contributed by atoms with E-state index >= 15 is 0 Å². The van der Waals surface area contributed by atoms with Crippen LogP contribution in [0, 0.1) is 6.92 Å². The summed E-state index contributed by atoms with van der Waals surface area (Å²) in [5.41, 5.74) is 2.45. The molecule has 0 aliphatic carbocycles. The van der Waals surface area contributed by atoms with Crippen LogP contribution in [-0.2, 0) is 0 Å². The summed E-state index contributed by atoms with van der Waals surface area (Å²) in [6.45, 7) is 3.85. The van der Waals surface area contributed by atoms with Gasteiger partial charge in [-0.1, -0.05) is 12.2 Å². The van der Waals surface area contributed by atoms with Gasteiger partial charge in [0.2, 0.25) is 0 Å². The van der Waals surface area contributed by atoms with Gasteiger partial charge < -0.3 is 4.90 Å². The van der Waals surface area contributed by atoms with Crippen LogP contribution in [-0.4, -0.2) is 29.9 Å². The molecule has 0 aromatic carbocycles. The fourth-order valence-corrected chi connectivity index (χ4v) is 1.32. The Morgan fingerprint density at radius 3 is 2.60 bits per heavy atom. The number of aryl methyl sites for hydroxylation is 1. The number of carbonyl (C=O) groups excluding carboxylic acids is 1. The molecule has 3 nitrogen and oxygen atoms in total. The van der Waals surface area contributed by atoms with Gasteiger partial charge in [-0.15, -0.1) is 0 Å². The van der Waals surface area contributed by atoms with Crippen molar-refractivity contribution in [2.75, 3.05) is 14.1 Å². The molecule has 0 unspecified atom stereocenters. The first kappa shape index (κ1) is 11.4. The van der Waals surface area contributed by atoms with Crippen molar-refractivity contribution in [2.45, 2.75) is 13.8 Å². The Balaban J connectivity index is 3.08. The van der Waals surface area contributed by atoms with Gasteiger partial charge in [-0.3, -0.25) is 9.78 Å². The van der Waals surface area contributed by atoms with E-state index in [2.05, 4.69) is 4.98 Å². The Morgan fingerprint density at radius 1 is 1.47 bits per heavy atom. The zero-order valence-corrected chi connectivity index (χ0v) is 9.61. The number of nitrogens with zero attached hydrogens (tertiary/aromatic N) is 2. The van der Waals surface area contributed by atoms with E-state index < -0.39 is 0 Å². The zero-order chi connectivity index (χ0) is 11.4. The minimum Gasteiger partial charge on any atom is -0.343 e. The fourth-order valence-electron chi connectivity index (χ4n) is 1.32. The highest BCUT2D eigenvalue weighted by Gasteiger charge is 2.12. The third kappa shape index (κ3) is 2.65. The maximum Gasteiger partial charge on any atom is 0.272 e. The Morgan fingerprint density at radius 2 is 2.13 bits per heavy atom. The third-order valence-electron chi connectivity index (χ3n) is 2.07. The Labute approximate surface area is 90.4 Å². The molecule has 1 amide bonds. The van der Waals surface area contributed by atoms with E-state index in [1.54, 1.807) is 20.3 Å². The van der Waals surface area contributed by atoms with Gasteiger partial charge in [-0.05, 0) is 31.0 Å². The molecular weight excluding hydrogens is 188 g/mol. The van der Waals surface area contributed by atoms with Gasteiger partial charge in [0, 0.05) is 20.3 Å². The molecule has 0 saturated heterocycles. The molecular formula is C12H16N2O. The summed E-state index contributed by atoms with van der Waals surface area (Å²) in [6, 6.07) is 1.96. The summed E-state index contributed by atoms with van der Waals surface area (Å²) < 4.78 is 0. The minimum atomic E-state index is -0.0560. The molecule has 80 valence electrons. The van der Waals surface area contributed by atoms with Gasteiger partial charge in [0.15, 0.2) is 0 Å². The van der Waals surface area contributed by atoms with Crippen molar-refractivity contribution >= 4 is 12.0 Å². The van der Waals surface area contributed by atoms with Gasteiger partial charge in [0.25, 0.3) is 5.91 Å². The van der Waals surface area contributed by atoms with E-state index in [1.807, 2.05) is 32.1 Å². The second-order valence-corrected chi connectivity index (χ2v) is 3.63. The van der Waals surface area contributed by atoms with E-state index in [1.165, 1.54) is 4.90 Å². The summed E-state index contributed by atoms with van der Waals surface area (Å²) in [5, 5.41) is 0. The average Bonchev–Trinajstić information content (AvgIpc) is 2.17. The summed E-state index contributed by atoms with van der Waals surface area (Å²) in [7, 11) is 3.45. The molecule has 15 heavy (non-hydrogen) atoms. The molecule has 0 saturated carbocycles. The van der Waals surface area contributed by atoms with E-state index in [9.17, 15) is 4.79 Å². The number of aromatic nitrogens is 1. The molecule has 0 bridgehead atoms. The van der Waals surface area contributed by atoms with E-state index in [-0.39, 0.29) is 5.91 Å². The van der Waals surface area contributed by atoms with E-state index in [0.717, 1.165) is 11.1 Å². The summed E-state index contributed by atoms with van der Waals surface area (Å²) in [4.78, 5) is 17.4. The van der Waals surface area contributed by atoms with E-state index in [0.29, 0.717) is 5.69 Å². The van der Waals surface area contributed by atoms with Crippen LogP contribution in [0.5, 0.6) is 0 Å². The maximum absolute atomic E-state index is 11.7. The molecule has 0 radical (unpaired) electrons. The number of carbonyl (C=O) groups is 1. The third-order valence-corrected chi connectivity index (χ3v) is 2.07.